The Morgan fingerprint density at radius 2 is 1.79 bits per heavy atom. The largest absolute Gasteiger partial charge is 0.504 e. The highest BCUT2D eigenvalue weighted by Crippen LogP contribution is 2.45. The van der Waals surface area contributed by atoms with Crippen molar-refractivity contribution in [1.29, 1.82) is 0 Å². The van der Waals surface area contributed by atoms with Gasteiger partial charge in [0.25, 0.3) is 0 Å². The van der Waals surface area contributed by atoms with Gasteiger partial charge >= 0.3 is 0 Å². The van der Waals surface area contributed by atoms with Gasteiger partial charge in [-0.05, 0) is 55.3 Å². The summed E-state index contributed by atoms with van der Waals surface area (Å²) in [5.41, 5.74) is 3.58. The van der Waals surface area contributed by atoms with Crippen LogP contribution in [-0.4, -0.2) is 27.7 Å². The number of benzene rings is 2. The highest BCUT2D eigenvalue weighted by Gasteiger charge is 2.37. The first-order chi connectivity index (χ1) is 11.2. The van der Waals surface area contributed by atoms with Crippen LogP contribution in [0.1, 0.15) is 41.9 Å². The molecule has 4 heteroatoms. The van der Waals surface area contributed by atoms with Gasteiger partial charge < -0.3 is 10.2 Å². The molecule has 0 saturated carbocycles. The number of nitrogens with zero attached hydrogens (tertiary/aromatic N) is 1. The van der Waals surface area contributed by atoms with Gasteiger partial charge in [-0.1, -0.05) is 36.4 Å². The predicted molar refractivity (Wildman–Crippen MR) is 101 cm³/mol. The lowest BCUT2D eigenvalue weighted by Gasteiger charge is -2.45. The van der Waals surface area contributed by atoms with E-state index in [0.717, 1.165) is 31.5 Å². The fourth-order valence-corrected chi connectivity index (χ4v) is 4.43. The Morgan fingerprint density at radius 1 is 1.00 bits per heavy atom. The average Bonchev–Trinajstić information content (AvgIpc) is 2.59. The molecule has 2 atom stereocenters. The van der Waals surface area contributed by atoms with Crippen LogP contribution >= 0.6 is 17.0 Å². The van der Waals surface area contributed by atoms with Crippen LogP contribution < -0.4 is 0 Å². The summed E-state index contributed by atoms with van der Waals surface area (Å²) >= 11 is 0. The molecule has 0 bridgehead atoms. The Labute approximate surface area is 153 Å². The standard InChI is InChI=1S/C20H23NO2.BrH/c22-19-11-9-15-16-7-4-12-21(13-14-5-2-1-3-6-14)18(16)10-8-17(15)20(19)23;/h1-3,5-6,9,11,16,18,22-23H,4,7-8,10,12-13H2;1H. The van der Waals surface area contributed by atoms with Crippen molar-refractivity contribution in [1.82, 2.24) is 4.90 Å². The quantitative estimate of drug-likeness (QED) is 0.749. The number of fused-ring (bicyclic) bond motifs is 3. The molecule has 0 amide bonds. The van der Waals surface area contributed by atoms with E-state index < -0.39 is 0 Å². The molecule has 1 aliphatic heterocycles. The number of phenolic OH excluding ortho intramolecular Hbond substituents is 2. The molecule has 2 unspecified atom stereocenters. The van der Waals surface area contributed by atoms with Gasteiger partial charge in [-0.25, -0.2) is 0 Å². The molecular weight excluding hydrogens is 366 g/mol. The summed E-state index contributed by atoms with van der Waals surface area (Å²) < 4.78 is 0. The van der Waals surface area contributed by atoms with Crippen molar-refractivity contribution < 1.29 is 10.2 Å². The maximum atomic E-state index is 10.2. The molecule has 3 nitrogen and oxygen atoms in total. The monoisotopic (exact) mass is 389 g/mol. The van der Waals surface area contributed by atoms with Crippen LogP contribution in [0.2, 0.25) is 0 Å². The Balaban J connectivity index is 0.00000169. The molecule has 1 aliphatic carbocycles. The van der Waals surface area contributed by atoms with E-state index in [4.69, 9.17) is 0 Å². The van der Waals surface area contributed by atoms with Gasteiger partial charge in [-0.2, -0.15) is 0 Å². The number of hydrogen-bond donors (Lipinski definition) is 2. The molecule has 2 aromatic carbocycles. The van der Waals surface area contributed by atoms with Crippen molar-refractivity contribution in [2.75, 3.05) is 6.54 Å². The number of phenols is 2. The van der Waals surface area contributed by atoms with E-state index in [9.17, 15) is 10.2 Å². The second-order valence-corrected chi connectivity index (χ2v) is 6.81. The fraction of sp³-hybridized carbons (Fsp3) is 0.400. The molecular formula is C20H24BrNO2. The molecule has 128 valence electrons. The molecule has 2 N–H and O–H groups in total. The highest BCUT2D eigenvalue weighted by atomic mass is 79.9. The Bertz CT molecular complexity index is 704. The Morgan fingerprint density at radius 3 is 2.58 bits per heavy atom. The molecule has 24 heavy (non-hydrogen) atoms. The van der Waals surface area contributed by atoms with Crippen LogP contribution in [0.25, 0.3) is 0 Å². The Hall–Kier alpha value is -1.52. The van der Waals surface area contributed by atoms with Crippen LogP contribution in [0, 0.1) is 0 Å². The number of halogens is 1. The molecule has 2 aromatic rings. The zero-order valence-corrected chi connectivity index (χ0v) is 15.4. The van der Waals surface area contributed by atoms with Crippen LogP contribution in [0.4, 0.5) is 0 Å². The Kier molecular flexibility index (Phi) is 5.16. The smallest absolute Gasteiger partial charge is 0.160 e. The van der Waals surface area contributed by atoms with Gasteiger partial charge in [0.15, 0.2) is 11.5 Å². The molecule has 0 spiro atoms. The molecule has 1 saturated heterocycles. The lowest BCUT2D eigenvalue weighted by molar-refractivity contribution is 0.104. The first-order valence-corrected chi connectivity index (χ1v) is 8.55. The van der Waals surface area contributed by atoms with E-state index in [2.05, 4.69) is 35.2 Å². The van der Waals surface area contributed by atoms with Gasteiger partial charge in [-0.15, -0.1) is 17.0 Å². The van der Waals surface area contributed by atoms with Gasteiger partial charge in [0.1, 0.15) is 0 Å². The lowest BCUT2D eigenvalue weighted by Crippen LogP contribution is -2.45. The highest BCUT2D eigenvalue weighted by molar-refractivity contribution is 8.93. The normalized spacial score (nSPS) is 23.0. The summed E-state index contributed by atoms with van der Waals surface area (Å²) in [5.74, 6) is 0.586. The second kappa shape index (κ2) is 7.16. The SMILES string of the molecule is Br.Oc1ccc2c(c1O)CCC1C2CCCN1Cc1ccccc1. The third-order valence-corrected chi connectivity index (χ3v) is 5.51. The van der Waals surface area contributed by atoms with E-state index in [1.54, 1.807) is 6.07 Å². The average molecular weight is 390 g/mol. The predicted octanol–water partition coefficient (Wildman–Crippen LogP) is 4.37. The lowest BCUT2D eigenvalue weighted by atomic mass is 9.74. The van der Waals surface area contributed by atoms with Crippen molar-refractivity contribution in [2.24, 2.45) is 0 Å². The van der Waals surface area contributed by atoms with Crippen molar-refractivity contribution >= 4 is 17.0 Å². The summed E-state index contributed by atoms with van der Waals surface area (Å²) in [6.45, 7) is 2.15. The number of hydrogen-bond acceptors (Lipinski definition) is 3. The van der Waals surface area contributed by atoms with E-state index in [0.29, 0.717) is 12.0 Å². The first kappa shape index (κ1) is 17.3. The molecule has 1 heterocycles. The maximum Gasteiger partial charge on any atom is 0.160 e. The third kappa shape index (κ3) is 3.05. The van der Waals surface area contributed by atoms with Gasteiger partial charge in [0.2, 0.25) is 0 Å². The number of aromatic hydroxyl groups is 2. The third-order valence-electron chi connectivity index (χ3n) is 5.51. The molecule has 0 aromatic heterocycles. The summed E-state index contributed by atoms with van der Waals surface area (Å²) in [6, 6.07) is 14.9. The first-order valence-electron chi connectivity index (χ1n) is 8.55. The maximum absolute atomic E-state index is 10.2. The van der Waals surface area contributed by atoms with Gasteiger partial charge in [0, 0.05) is 18.2 Å². The van der Waals surface area contributed by atoms with E-state index in [1.165, 1.54) is 24.0 Å². The van der Waals surface area contributed by atoms with Crippen LogP contribution in [0.5, 0.6) is 11.5 Å². The molecule has 4 rings (SSSR count). The molecule has 0 radical (unpaired) electrons. The molecule has 2 aliphatic rings. The van der Waals surface area contributed by atoms with Gasteiger partial charge in [0.05, 0.1) is 0 Å². The van der Waals surface area contributed by atoms with Gasteiger partial charge in [-0.3, -0.25) is 4.90 Å². The minimum atomic E-state index is 0. The van der Waals surface area contributed by atoms with Crippen LogP contribution in [0.15, 0.2) is 42.5 Å². The number of likely N-dealkylation sites (tertiary alicyclic amines) is 1. The van der Waals surface area contributed by atoms with E-state index >= 15 is 0 Å². The summed E-state index contributed by atoms with van der Waals surface area (Å²) in [5, 5.41) is 19.9. The van der Waals surface area contributed by atoms with Crippen molar-refractivity contribution in [2.45, 2.75) is 44.2 Å². The van der Waals surface area contributed by atoms with E-state index in [-0.39, 0.29) is 28.5 Å². The molecule has 1 fully saturated rings. The van der Waals surface area contributed by atoms with Crippen LogP contribution in [0.3, 0.4) is 0 Å². The minimum absolute atomic E-state index is 0. The number of piperidine rings is 1. The zero-order valence-electron chi connectivity index (χ0n) is 13.7. The number of rotatable bonds is 2. The topological polar surface area (TPSA) is 43.7 Å². The summed E-state index contributed by atoms with van der Waals surface area (Å²) in [7, 11) is 0. The van der Waals surface area contributed by atoms with Crippen molar-refractivity contribution in [3.8, 4) is 11.5 Å². The second-order valence-electron chi connectivity index (χ2n) is 6.81. The van der Waals surface area contributed by atoms with Crippen molar-refractivity contribution in [3.05, 3.63) is 59.2 Å². The van der Waals surface area contributed by atoms with E-state index in [1.807, 2.05) is 6.07 Å². The minimum Gasteiger partial charge on any atom is -0.504 e. The fourth-order valence-electron chi connectivity index (χ4n) is 4.43. The summed E-state index contributed by atoms with van der Waals surface area (Å²) in [6.07, 6.45) is 4.27. The zero-order chi connectivity index (χ0) is 15.8. The van der Waals surface area contributed by atoms with Crippen LogP contribution in [-0.2, 0) is 13.0 Å². The summed E-state index contributed by atoms with van der Waals surface area (Å²) in [4.78, 5) is 2.61. The van der Waals surface area contributed by atoms with Crippen molar-refractivity contribution in [3.63, 3.8) is 0 Å².